The molecule has 3 rings (SSSR count). The molecule has 0 spiro atoms. The Bertz CT molecular complexity index is 507. The van der Waals surface area contributed by atoms with Crippen LogP contribution in [0.15, 0.2) is 17.4 Å². The second-order valence-electron chi connectivity index (χ2n) is 7.07. The van der Waals surface area contributed by atoms with Gasteiger partial charge in [0.05, 0.1) is 6.20 Å². The van der Waals surface area contributed by atoms with Crippen LogP contribution in [0.2, 0.25) is 0 Å². The second kappa shape index (κ2) is 7.84. The molecule has 2 heterocycles. The summed E-state index contributed by atoms with van der Waals surface area (Å²) in [5.74, 6) is 2.94. The molecule has 0 amide bonds. The maximum absolute atomic E-state index is 4.88. The highest BCUT2D eigenvalue weighted by molar-refractivity contribution is 5.80. The van der Waals surface area contributed by atoms with Gasteiger partial charge in [0.1, 0.15) is 0 Å². The van der Waals surface area contributed by atoms with Gasteiger partial charge in [0.25, 0.3) is 0 Å². The van der Waals surface area contributed by atoms with Gasteiger partial charge < -0.3 is 10.2 Å². The second-order valence-corrected chi connectivity index (χ2v) is 7.07. The van der Waals surface area contributed by atoms with Gasteiger partial charge in [-0.3, -0.25) is 9.67 Å². The summed E-state index contributed by atoms with van der Waals surface area (Å²) in [6, 6.07) is 0. The van der Waals surface area contributed by atoms with Crippen molar-refractivity contribution in [1.82, 2.24) is 20.0 Å². The van der Waals surface area contributed by atoms with Crippen molar-refractivity contribution in [1.29, 1.82) is 0 Å². The molecule has 1 aliphatic heterocycles. The lowest BCUT2D eigenvalue weighted by atomic mass is 9.82. The van der Waals surface area contributed by atoms with Gasteiger partial charge in [-0.15, -0.1) is 0 Å². The molecule has 5 heteroatoms. The Balaban J connectivity index is 1.51. The Morgan fingerprint density at radius 1 is 1.30 bits per heavy atom. The maximum Gasteiger partial charge on any atom is 0.193 e. The average Bonchev–Trinajstić information content (AvgIpc) is 3.16. The number of hydrogen-bond donors (Lipinski definition) is 1. The molecule has 23 heavy (non-hydrogen) atoms. The molecule has 2 unspecified atom stereocenters. The van der Waals surface area contributed by atoms with E-state index >= 15 is 0 Å². The molecule has 2 aliphatic rings. The molecular formula is C18H31N5. The third-order valence-corrected chi connectivity index (χ3v) is 5.25. The van der Waals surface area contributed by atoms with Gasteiger partial charge in [-0.25, -0.2) is 0 Å². The van der Waals surface area contributed by atoms with Crippen molar-refractivity contribution in [3.05, 3.63) is 18.0 Å². The van der Waals surface area contributed by atoms with Crippen LogP contribution in [-0.4, -0.2) is 46.8 Å². The number of hydrogen-bond acceptors (Lipinski definition) is 2. The van der Waals surface area contributed by atoms with Crippen molar-refractivity contribution in [2.75, 3.05) is 26.2 Å². The zero-order valence-electron chi connectivity index (χ0n) is 14.7. The predicted molar refractivity (Wildman–Crippen MR) is 94.5 cm³/mol. The van der Waals surface area contributed by atoms with E-state index < -0.39 is 0 Å². The third-order valence-electron chi connectivity index (χ3n) is 5.25. The molecule has 1 aliphatic carbocycles. The highest BCUT2D eigenvalue weighted by Gasteiger charge is 2.35. The SMILES string of the molecule is CCNC(=NCCCc1cnn(C)c1)N1CC2CCCCC2C1. The molecule has 1 saturated heterocycles. The Kier molecular flexibility index (Phi) is 5.57. The van der Waals surface area contributed by atoms with E-state index in [4.69, 9.17) is 4.99 Å². The minimum atomic E-state index is 0.892. The molecule has 0 aromatic carbocycles. The van der Waals surface area contributed by atoms with E-state index in [0.717, 1.165) is 43.7 Å². The van der Waals surface area contributed by atoms with E-state index in [1.165, 1.54) is 44.3 Å². The monoisotopic (exact) mass is 317 g/mol. The first kappa shape index (κ1) is 16.3. The number of aromatic nitrogens is 2. The van der Waals surface area contributed by atoms with E-state index in [9.17, 15) is 0 Å². The molecule has 1 aromatic heterocycles. The Hall–Kier alpha value is -1.52. The van der Waals surface area contributed by atoms with Crippen LogP contribution in [-0.2, 0) is 13.5 Å². The minimum Gasteiger partial charge on any atom is -0.357 e. The van der Waals surface area contributed by atoms with Crippen LogP contribution in [0.5, 0.6) is 0 Å². The molecule has 2 atom stereocenters. The molecule has 1 aromatic rings. The van der Waals surface area contributed by atoms with E-state index in [1.54, 1.807) is 0 Å². The standard InChI is InChI=1S/C18H31N5/c1-3-19-18(20-10-6-7-15-11-21-22(2)12-15)23-13-16-8-4-5-9-17(16)14-23/h11-12,16-17H,3-10,13-14H2,1-2H3,(H,19,20). The fourth-order valence-electron chi connectivity index (χ4n) is 4.07. The number of aryl methyl sites for hydroxylation is 2. The van der Waals surface area contributed by atoms with Crippen LogP contribution < -0.4 is 5.32 Å². The van der Waals surface area contributed by atoms with E-state index in [1.807, 2.05) is 17.9 Å². The molecule has 0 bridgehead atoms. The Morgan fingerprint density at radius 3 is 2.65 bits per heavy atom. The van der Waals surface area contributed by atoms with Gasteiger partial charge in [-0.1, -0.05) is 12.8 Å². The number of fused-ring (bicyclic) bond motifs is 1. The highest BCUT2D eigenvalue weighted by Crippen LogP contribution is 2.35. The number of aliphatic imine (C=N–C) groups is 1. The lowest BCUT2D eigenvalue weighted by Crippen LogP contribution is -2.40. The molecule has 2 fully saturated rings. The van der Waals surface area contributed by atoms with Crippen molar-refractivity contribution in [3.63, 3.8) is 0 Å². The first-order chi connectivity index (χ1) is 11.3. The van der Waals surface area contributed by atoms with Gasteiger partial charge in [-0.05, 0) is 50.0 Å². The minimum absolute atomic E-state index is 0.892. The molecule has 128 valence electrons. The first-order valence-corrected chi connectivity index (χ1v) is 9.27. The first-order valence-electron chi connectivity index (χ1n) is 9.27. The lowest BCUT2D eigenvalue weighted by Gasteiger charge is -2.22. The highest BCUT2D eigenvalue weighted by atomic mass is 15.3. The van der Waals surface area contributed by atoms with E-state index in [0.29, 0.717) is 0 Å². The number of nitrogens with one attached hydrogen (secondary N) is 1. The third kappa shape index (κ3) is 4.27. The summed E-state index contributed by atoms with van der Waals surface area (Å²) in [7, 11) is 1.97. The van der Waals surface area contributed by atoms with Gasteiger partial charge in [-0.2, -0.15) is 5.10 Å². The number of nitrogens with zero attached hydrogens (tertiary/aromatic N) is 4. The predicted octanol–water partition coefficient (Wildman–Crippen LogP) is 2.44. The zero-order chi connectivity index (χ0) is 16.1. The average molecular weight is 317 g/mol. The maximum atomic E-state index is 4.88. The van der Waals surface area contributed by atoms with Crippen LogP contribution in [0.4, 0.5) is 0 Å². The lowest BCUT2D eigenvalue weighted by molar-refractivity contribution is 0.299. The zero-order valence-corrected chi connectivity index (χ0v) is 14.7. The largest absolute Gasteiger partial charge is 0.357 e. The quantitative estimate of drug-likeness (QED) is 0.515. The summed E-state index contributed by atoms with van der Waals surface area (Å²) in [6.07, 6.45) is 11.9. The van der Waals surface area contributed by atoms with Crippen molar-refractivity contribution < 1.29 is 0 Å². The van der Waals surface area contributed by atoms with Crippen molar-refractivity contribution in [3.8, 4) is 0 Å². The van der Waals surface area contributed by atoms with Gasteiger partial charge in [0, 0.05) is 39.4 Å². The molecule has 1 N–H and O–H groups in total. The molecule has 5 nitrogen and oxygen atoms in total. The summed E-state index contributed by atoms with van der Waals surface area (Å²) >= 11 is 0. The van der Waals surface area contributed by atoms with Crippen molar-refractivity contribution in [2.45, 2.75) is 45.4 Å². The fraction of sp³-hybridized carbons (Fsp3) is 0.778. The number of likely N-dealkylation sites (tertiary alicyclic amines) is 1. The summed E-state index contributed by atoms with van der Waals surface area (Å²) in [5, 5.41) is 7.72. The summed E-state index contributed by atoms with van der Waals surface area (Å²) in [5.41, 5.74) is 1.31. The van der Waals surface area contributed by atoms with Crippen LogP contribution >= 0.6 is 0 Å². The van der Waals surface area contributed by atoms with Crippen LogP contribution in [0.25, 0.3) is 0 Å². The van der Waals surface area contributed by atoms with Crippen molar-refractivity contribution >= 4 is 5.96 Å². The number of rotatable bonds is 5. The van der Waals surface area contributed by atoms with Gasteiger partial charge in [0.2, 0.25) is 0 Å². The molecule has 0 radical (unpaired) electrons. The fourth-order valence-corrected chi connectivity index (χ4v) is 4.07. The Morgan fingerprint density at radius 2 is 2.04 bits per heavy atom. The van der Waals surface area contributed by atoms with Crippen LogP contribution in [0, 0.1) is 11.8 Å². The van der Waals surface area contributed by atoms with Gasteiger partial charge in [0.15, 0.2) is 5.96 Å². The van der Waals surface area contributed by atoms with Crippen LogP contribution in [0.3, 0.4) is 0 Å². The Labute approximate surface area is 140 Å². The van der Waals surface area contributed by atoms with E-state index in [2.05, 4.69) is 28.4 Å². The number of guanidine groups is 1. The summed E-state index contributed by atoms with van der Waals surface area (Å²) in [4.78, 5) is 7.39. The van der Waals surface area contributed by atoms with Crippen molar-refractivity contribution in [2.24, 2.45) is 23.9 Å². The summed E-state index contributed by atoms with van der Waals surface area (Å²) in [6.45, 7) is 6.42. The normalized spacial score (nSPS) is 24.8. The summed E-state index contributed by atoms with van der Waals surface area (Å²) < 4.78 is 1.87. The topological polar surface area (TPSA) is 45.5 Å². The van der Waals surface area contributed by atoms with Crippen LogP contribution in [0.1, 0.15) is 44.6 Å². The smallest absolute Gasteiger partial charge is 0.193 e. The van der Waals surface area contributed by atoms with Gasteiger partial charge >= 0.3 is 0 Å². The van der Waals surface area contributed by atoms with E-state index in [-0.39, 0.29) is 0 Å². The molecular weight excluding hydrogens is 286 g/mol. The molecule has 1 saturated carbocycles.